The Morgan fingerprint density at radius 1 is 1.08 bits per heavy atom. The Morgan fingerprint density at radius 2 is 1.81 bits per heavy atom. The number of para-hydroxylation sites is 1. The SMILES string of the molecule is CC(SN1C2CCC1CC(O)C2)c1ccc2c(c1)Nc1ccccc1S2. The van der Waals surface area contributed by atoms with Gasteiger partial charge >= 0.3 is 0 Å². The number of aliphatic hydroxyl groups is 1. The van der Waals surface area contributed by atoms with E-state index in [2.05, 4.69) is 59.0 Å². The summed E-state index contributed by atoms with van der Waals surface area (Å²) in [6, 6.07) is 16.4. The smallest absolute Gasteiger partial charge is 0.0570 e. The number of benzene rings is 2. The van der Waals surface area contributed by atoms with Gasteiger partial charge < -0.3 is 10.4 Å². The van der Waals surface area contributed by atoms with Crippen molar-refractivity contribution in [3.63, 3.8) is 0 Å². The first-order valence-corrected chi connectivity index (χ1v) is 11.1. The van der Waals surface area contributed by atoms with Crippen LogP contribution in [-0.4, -0.2) is 27.6 Å². The molecule has 3 atom stereocenters. The van der Waals surface area contributed by atoms with Crippen molar-refractivity contribution in [2.45, 2.75) is 65.8 Å². The molecule has 2 bridgehead atoms. The lowest BCUT2D eigenvalue weighted by Crippen LogP contribution is -2.40. The molecule has 3 aliphatic rings. The molecule has 26 heavy (non-hydrogen) atoms. The van der Waals surface area contributed by atoms with Gasteiger partial charge in [-0.2, -0.15) is 0 Å². The van der Waals surface area contributed by atoms with Crippen molar-refractivity contribution in [1.82, 2.24) is 4.31 Å². The Hall–Kier alpha value is -1.14. The van der Waals surface area contributed by atoms with Gasteiger partial charge in [0, 0.05) is 27.1 Å². The third kappa shape index (κ3) is 3.05. The van der Waals surface area contributed by atoms with Gasteiger partial charge in [0.2, 0.25) is 0 Å². The molecule has 2 N–H and O–H groups in total. The highest BCUT2D eigenvalue weighted by atomic mass is 32.2. The number of piperidine rings is 1. The predicted octanol–water partition coefficient (Wildman–Crippen LogP) is 5.59. The van der Waals surface area contributed by atoms with E-state index in [1.807, 2.05) is 23.7 Å². The number of hydrogen-bond acceptors (Lipinski definition) is 5. The lowest BCUT2D eigenvalue weighted by molar-refractivity contribution is 0.0812. The molecule has 3 unspecified atom stereocenters. The first kappa shape index (κ1) is 17.0. The average Bonchev–Trinajstić information content (AvgIpc) is 2.88. The first-order valence-electron chi connectivity index (χ1n) is 9.48. The number of anilines is 2. The van der Waals surface area contributed by atoms with Gasteiger partial charge in [-0.15, -0.1) is 0 Å². The Balaban J connectivity index is 1.34. The zero-order valence-electron chi connectivity index (χ0n) is 14.9. The van der Waals surface area contributed by atoms with Crippen LogP contribution in [-0.2, 0) is 0 Å². The molecule has 3 heterocycles. The van der Waals surface area contributed by atoms with E-state index in [1.165, 1.54) is 39.6 Å². The summed E-state index contributed by atoms with van der Waals surface area (Å²) in [6.07, 6.45) is 4.26. The number of hydrogen-bond donors (Lipinski definition) is 2. The molecule has 0 amide bonds. The van der Waals surface area contributed by atoms with Crippen molar-refractivity contribution < 1.29 is 5.11 Å². The highest BCUT2D eigenvalue weighted by Crippen LogP contribution is 2.48. The molecule has 0 radical (unpaired) electrons. The maximum absolute atomic E-state index is 10.0. The van der Waals surface area contributed by atoms with E-state index >= 15 is 0 Å². The van der Waals surface area contributed by atoms with Gasteiger partial charge in [0.05, 0.1) is 17.5 Å². The van der Waals surface area contributed by atoms with Gasteiger partial charge in [-0.05, 0) is 62.4 Å². The summed E-state index contributed by atoms with van der Waals surface area (Å²) in [5, 5.41) is 14.0. The molecule has 2 aromatic carbocycles. The molecule has 0 spiro atoms. The molecule has 5 rings (SSSR count). The molecule has 136 valence electrons. The molecular formula is C21H24N2OS2. The van der Waals surface area contributed by atoms with Crippen molar-refractivity contribution in [2.75, 3.05) is 5.32 Å². The maximum atomic E-state index is 10.0. The number of aliphatic hydroxyl groups excluding tert-OH is 1. The topological polar surface area (TPSA) is 35.5 Å². The summed E-state index contributed by atoms with van der Waals surface area (Å²) >= 11 is 3.82. The lowest BCUT2D eigenvalue weighted by Gasteiger charge is -2.37. The number of nitrogens with one attached hydrogen (secondary N) is 1. The monoisotopic (exact) mass is 384 g/mol. The molecule has 0 aromatic heterocycles. The van der Waals surface area contributed by atoms with E-state index < -0.39 is 0 Å². The summed E-state index contributed by atoms with van der Waals surface area (Å²) in [4.78, 5) is 2.59. The van der Waals surface area contributed by atoms with Gasteiger partial charge in [0.1, 0.15) is 0 Å². The van der Waals surface area contributed by atoms with E-state index in [-0.39, 0.29) is 6.10 Å². The van der Waals surface area contributed by atoms with Crippen LogP contribution in [0.15, 0.2) is 52.3 Å². The van der Waals surface area contributed by atoms with E-state index in [1.54, 1.807) is 0 Å². The molecule has 2 saturated heterocycles. The van der Waals surface area contributed by atoms with Crippen LogP contribution >= 0.6 is 23.7 Å². The highest BCUT2D eigenvalue weighted by Gasteiger charge is 2.41. The Bertz CT molecular complexity index is 813. The predicted molar refractivity (Wildman–Crippen MR) is 110 cm³/mol. The molecule has 0 aliphatic carbocycles. The normalized spacial score (nSPS) is 28.2. The molecule has 5 heteroatoms. The lowest BCUT2D eigenvalue weighted by atomic mass is 10.0. The van der Waals surface area contributed by atoms with E-state index in [0.717, 1.165) is 12.8 Å². The van der Waals surface area contributed by atoms with Crippen LogP contribution in [0.1, 0.15) is 43.4 Å². The maximum Gasteiger partial charge on any atom is 0.0570 e. The fourth-order valence-electron chi connectivity index (χ4n) is 4.43. The Morgan fingerprint density at radius 3 is 2.62 bits per heavy atom. The largest absolute Gasteiger partial charge is 0.393 e. The van der Waals surface area contributed by atoms with Gasteiger partial charge in [-0.25, -0.2) is 4.31 Å². The number of nitrogens with zero attached hydrogens (tertiary/aromatic N) is 1. The van der Waals surface area contributed by atoms with Crippen LogP contribution in [0.3, 0.4) is 0 Å². The summed E-state index contributed by atoms with van der Waals surface area (Å²) in [5.41, 5.74) is 3.79. The van der Waals surface area contributed by atoms with Crippen molar-refractivity contribution in [3.05, 3.63) is 48.0 Å². The molecule has 2 aromatic rings. The molecule has 2 fully saturated rings. The van der Waals surface area contributed by atoms with Crippen molar-refractivity contribution in [3.8, 4) is 0 Å². The van der Waals surface area contributed by atoms with Gasteiger partial charge in [-0.3, -0.25) is 0 Å². The van der Waals surface area contributed by atoms with Crippen LogP contribution in [0, 0.1) is 0 Å². The van der Waals surface area contributed by atoms with Crippen molar-refractivity contribution in [2.24, 2.45) is 0 Å². The Kier molecular flexibility index (Phi) is 4.44. The van der Waals surface area contributed by atoms with Crippen molar-refractivity contribution in [1.29, 1.82) is 0 Å². The minimum atomic E-state index is -0.0929. The highest BCUT2D eigenvalue weighted by molar-refractivity contribution is 7.99. The number of rotatable bonds is 3. The quantitative estimate of drug-likeness (QED) is 0.575. The zero-order valence-corrected chi connectivity index (χ0v) is 16.5. The second-order valence-electron chi connectivity index (χ2n) is 7.60. The second kappa shape index (κ2) is 6.79. The van der Waals surface area contributed by atoms with Crippen LogP contribution in [0.4, 0.5) is 11.4 Å². The fraction of sp³-hybridized carbons (Fsp3) is 0.429. The summed E-state index contributed by atoms with van der Waals surface area (Å²) in [7, 11) is 0. The van der Waals surface area contributed by atoms with Gasteiger partial charge in [0.15, 0.2) is 0 Å². The van der Waals surface area contributed by atoms with E-state index in [9.17, 15) is 5.11 Å². The average molecular weight is 385 g/mol. The molecule has 3 nitrogen and oxygen atoms in total. The first-order chi connectivity index (χ1) is 12.7. The Labute approximate surface area is 163 Å². The van der Waals surface area contributed by atoms with Crippen LogP contribution < -0.4 is 5.32 Å². The zero-order chi connectivity index (χ0) is 17.7. The third-order valence-corrected chi connectivity index (χ3v) is 8.35. The standard InChI is InChI=1S/C21H24N2OS2/c1-13(26-23-15-7-8-16(23)12-17(24)11-15)14-6-9-21-19(10-14)22-18-4-2-3-5-20(18)25-21/h2-6,9-10,13,15-17,22,24H,7-8,11-12H2,1H3. The molecule has 3 aliphatic heterocycles. The molecule has 0 saturated carbocycles. The number of fused-ring (bicyclic) bond motifs is 4. The van der Waals surface area contributed by atoms with Crippen LogP contribution in [0.5, 0.6) is 0 Å². The van der Waals surface area contributed by atoms with Crippen LogP contribution in [0.2, 0.25) is 0 Å². The summed E-state index contributed by atoms with van der Waals surface area (Å²) in [6.45, 7) is 2.31. The minimum absolute atomic E-state index is 0.0929. The minimum Gasteiger partial charge on any atom is -0.393 e. The molecular weight excluding hydrogens is 360 g/mol. The van der Waals surface area contributed by atoms with E-state index in [0.29, 0.717) is 17.3 Å². The van der Waals surface area contributed by atoms with Crippen LogP contribution in [0.25, 0.3) is 0 Å². The second-order valence-corrected chi connectivity index (χ2v) is 10.0. The van der Waals surface area contributed by atoms with Crippen molar-refractivity contribution >= 4 is 35.1 Å². The third-order valence-electron chi connectivity index (χ3n) is 5.77. The summed E-state index contributed by atoms with van der Waals surface area (Å²) in [5.74, 6) is 0. The summed E-state index contributed by atoms with van der Waals surface area (Å²) < 4.78 is 2.59. The van der Waals surface area contributed by atoms with E-state index in [4.69, 9.17) is 0 Å². The van der Waals surface area contributed by atoms with Gasteiger partial charge in [-0.1, -0.05) is 41.9 Å². The van der Waals surface area contributed by atoms with Gasteiger partial charge in [0.25, 0.3) is 0 Å². The fourth-order valence-corrected chi connectivity index (χ4v) is 6.76.